The van der Waals surface area contributed by atoms with Crippen LogP contribution in [0.25, 0.3) is 6.08 Å². The van der Waals surface area contributed by atoms with Crippen LogP contribution in [0.2, 0.25) is 0 Å². The molecule has 1 fully saturated rings. The van der Waals surface area contributed by atoms with Gasteiger partial charge in [-0.05, 0) is 42.8 Å². The molecule has 1 aliphatic rings. The zero-order chi connectivity index (χ0) is 12.2. The number of hydrogen-bond acceptors (Lipinski definition) is 2. The van der Waals surface area contributed by atoms with Crippen molar-refractivity contribution in [2.24, 2.45) is 10.7 Å². The summed E-state index contributed by atoms with van der Waals surface area (Å²) in [6.07, 6.45) is 3.94. The molecule has 0 atom stereocenters. The van der Waals surface area contributed by atoms with Crippen LogP contribution in [-0.4, -0.2) is 6.72 Å². The Kier molecular flexibility index (Phi) is 4.02. The second-order valence-corrected chi connectivity index (χ2v) is 3.79. The van der Waals surface area contributed by atoms with Gasteiger partial charge in [0.25, 0.3) is 0 Å². The predicted molar refractivity (Wildman–Crippen MR) is 72.2 cm³/mol. The van der Waals surface area contributed by atoms with Gasteiger partial charge in [-0.3, -0.25) is 4.99 Å². The zero-order valence-corrected chi connectivity index (χ0v) is 10.2. The number of nitrogens with two attached hydrogens (primary N) is 1. The van der Waals surface area contributed by atoms with Crippen molar-refractivity contribution >= 4 is 18.5 Å². The molecule has 0 unspecified atom stereocenters. The molecule has 0 saturated heterocycles. The number of hydrogen-bond donors (Lipinski definition) is 1. The van der Waals surface area contributed by atoms with E-state index < -0.39 is 0 Å². The molecule has 2 rings (SSSR count). The van der Waals surface area contributed by atoms with Crippen molar-refractivity contribution in [3.8, 4) is 0 Å². The minimum absolute atomic E-state index is 0.0859. The summed E-state index contributed by atoms with van der Waals surface area (Å²) in [4.78, 5) is 3.92. The summed E-state index contributed by atoms with van der Waals surface area (Å²) < 4.78 is 0. The summed E-state index contributed by atoms with van der Waals surface area (Å²) in [5.41, 5.74) is 9.07. The third kappa shape index (κ3) is 2.39. The van der Waals surface area contributed by atoms with Crippen LogP contribution in [-0.2, 0) is 5.54 Å². The number of aliphatic imine (C=N–C) groups is 1. The van der Waals surface area contributed by atoms with Gasteiger partial charge >= 0.3 is 0 Å². The van der Waals surface area contributed by atoms with Crippen molar-refractivity contribution in [1.82, 2.24) is 0 Å². The van der Waals surface area contributed by atoms with Crippen LogP contribution >= 0.6 is 0 Å². The van der Waals surface area contributed by atoms with E-state index in [0.717, 1.165) is 24.1 Å². The average molecular weight is 216 g/mol. The highest BCUT2D eigenvalue weighted by atomic mass is 14.8. The Labute approximate surface area is 97.9 Å². The van der Waals surface area contributed by atoms with Crippen LogP contribution in [0.15, 0.2) is 29.8 Å². The van der Waals surface area contributed by atoms with Crippen molar-refractivity contribution < 1.29 is 0 Å². The normalized spacial score (nSPS) is 15.7. The smallest absolute Gasteiger partial charge is 0.0694 e. The number of nitrogens with zero attached hydrogens (tertiary/aromatic N) is 1. The van der Waals surface area contributed by atoms with Crippen LogP contribution in [0, 0.1) is 0 Å². The molecule has 0 bridgehead atoms. The first-order chi connectivity index (χ1) is 7.69. The highest BCUT2D eigenvalue weighted by molar-refractivity contribution is 5.66. The third-order valence-electron chi connectivity index (χ3n) is 2.78. The molecule has 2 N–H and O–H groups in total. The van der Waals surface area contributed by atoms with E-state index in [9.17, 15) is 0 Å². The number of benzene rings is 1. The molecular formula is C14H20N2. The summed E-state index contributed by atoms with van der Waals surface area (Å²) in [6, 6.07) is 6.04. The quantitative estimate of drug-likeness (QED) is 0.770. The van der Waals surface area contributed by atoms with Crippen molar-refractivity contribution in [3.63, 3.8) is 0 Å². The Hall–Kier alpha value is -1.41. The van der Waals surface area contributed by atoms with E-state index in [1.807, 2.05) is 26.0 Å². The monoisotopic (exact) mass is 216 g/mol. The fourth-order valence-electron chi connectivity index (χ4n) is 1.60. The van der Waals surface area contributed by atoms with Gasteiger partial charge in [0.1, 0.15) is 0 Å². The van der Waals surface area contributed by atoms with Gasteiger partial charge in [0.05, 0.1) is 5.69 Å². The van der Waals surface area contributed by atoms with Crippen LogP contribution < -0.4 is 5.73 Å². The number of rotatable bonds is 3. The molecular weight excluding hydrogens is 196 g/mol. The van der Waals surface area contributed by atoms with Crippen LogP contribution in [0.1, 0.15) is 37.8 Å². The van der Waals surface area contributed by atoms with E-state index in [1.54, 1.807) is 6.08 Å². The highest BCUT2D eigenvalue weighted by Gasteiger charge is 2.39. The molecule has 0 radical (unpaired) electrons. The van der Waals surface area contributed by atoms with Crippen molar-refractivity contribution in [1.29, 1.82) is 0 Å². The van der Waals surface area contributed by atoms with Crippen LogP contribution in [0.4, 0.5) is 5.69 Å². The minimum atomic E-state index is -0.0859. The lowest BCUT2D eigenvalue weighted by Gasteiger charge is -2.10. The molecule has 0 amide bonds. The van der Waals surface area contributed by atoms with Gasteiger partial charge in [-0.15, -0.1) is 0 Å². The first-order valence-corrected chi connectivity index (χ1v) is 5.72. The average Bonchev–Trinajstić information content (AvgIpc) is 3.10. The molecule has 0 heterocycles. The maximum absolute atomic E-state index is 6.10. The van der Waals surface area contributed by atoms with E-state index in [0.29, 0.717) is 0 Å². The van der Waals surface area contributed by atoms with Gasteiger partial charge < -0.3 is 5.73 Å². The van der Waals surface area contributed by atoms with E-state index in [1.165, 1.54) is 5.56 Å². The standard InChI is InChI=1S/C12H14N2.C2H6/c1-3-9-8-10(12(13)6-7-12)4-5-11(9)14-2;1-2/h3-5,8H,1-2,6-7,13H2;1-2H3. The molecule has 1 saturated carbocycles. The molecule has 2 nitrogen and oxygen atoms in total. The first kappa shape index (κ1) is 12.7. The van der Waals surface area contributed by atoms with Gasteiger partial charge in [-0.2, -0.15) is 0 Å². The van der Waals surface area contributed by atoms with E-state index in [4.69, 9.17) is 5.73 Å². The summed E-state index contributed by atoms with van der Waals surface area (Å²) >= 11 is 0. The van der Waals surface area contributed by atoms with Crippen LogP contribution in [0.3, 0.4) is 0 Å². The van der Waals surface area contributed by atoms with Gasteiger partial charge in [0.15, 0.2) is 0 Å². The van der Waals surface area contributed by atoms with E-state index in [-0.39, 0.29) is 5.54 Å². The summed E-state index contributed by atoms with van der Waals surface area (Å²) in [5.74, 6) is 0. The molecule has 0 aromatic heterocycles. The van der Waals surface area contributed by atoms with Gasteiger partial charge in [0, 0.05) is 5.54 Å². The topological polar surface area (TPSA) is 38.4 Å². The molecule has 0 aliphatic heterocycles. The van der Waals surface area contributed by atoms with Crippen molar-refractivity contribution in [3.05, 3.63) is 35.9 Å². The molecule has 16 heavy (non-hydrogen) atoms. The molecule has 0 spiro atoms. The fraction of sp³-hybridized carbons (Fsp3) is 0.357. The molecule has 86 valence electrons. The Morgan fingerprint density at radius 2 is 2.00 bits per heavy atom. The third-order valence-corrected chi connectivity index (χ3v) is 2.78. The van der Waals surface area contributed by atoms with E-state index >= 15 is 0 Å². The summed E-state index contributed by atoms with van der Waals surface area (Å²) in [6.45, 7) is 11.3. The summed E-state index contributed by atoms with van der Waals surface area (Å²) in [5, 5.41) is 0. The van der Waals surface area contributed by atoms with E-state index in [2.05, 4.69) is 24.4 Å². The zero-order valence-electron chi connectivity index (χ0n) is 10.2. The van der Waals surface area contributed by atoms with Crippen molar-refractivity contribution in [2.75, 3.05) is 0 Å². The largest absolute Gasteiger partial charge is 0.321 e. The maximum atomic E-state index is 6.10. The summed E-state index contributed by atoms with van der Waals surface area (Å²) in [7, 11) is 0. The SMILES string of the molecule is C=Cc1cc(C2(N)CC2)ccc1N=C.CC. The molecule has 1 aromatic rings. The maximum Gasteiger partial charge on any atom is 0.0694 e. The second-order valence-electron chi connectivity index (χ2n) is 3.79. The Morgan fingerprint density at radius 1 is 1.38 bits per heavy atom. The Bertz CT molecular complexity index is 390. The highest BCUT2D eigenvalue weighted by Crippen LogP contribution is 2.43. The van der Waals surface area contributed by atoms with Gasteiger partial charge in [0.2, 0.25) is 0 Å². The minimum Gasteiger partial charge on any atom is -0.321 e. The Balaban J connectivity index is 0.000000606. The molecule has 2 heteroatoms. The van der Waals surface area contributed by atoms with Crippen LogP contribution in [0.5, 0.6) is 0 Å². The Morgan fingerprint density at radius 3 is 2.44 bits per heavy atom. The molecule has 1 aliphatic carbocycles. The molecule has 1 aromatic carbocycles. The first-order valence-electron chi connectivity index (χ1n) is 5.72. The predicted octanol–water partition coefficient (Wildman–Crippen LogP) is 3.64. The van der Waals surface area contributed by atoms with Gasteiger partial charge in [-0.25, -0.2) is 0 Å². The van der Waals surface area contributed by atoms with Gasteiger partial charge in [-0.1, -0.05) is 32.6 Å². The lowest BCUT2D eigenvalue weighted by molar-refractivity contribution is 0.740. The lowest BCUT2D eigenvalue weighted by atomic mass is 10.0. The van der Waals surface area contributed by atoms with Crippen molar-refractivity contribution in [2.45, 2.75) is 32.2 Å². The lowest BCUT2D eigenvalue weighted by Crippen LogP contribution is -2.18. The fourth-order valence-corrected chi connectivity index (χ4v) is 1.60. The second kappa shape index (κ2) is 5.08.